The number of benzene rings is 3. The molecule has 7 heteroatoms. The van der Waals surface area contributed by atoms with Gasteiger partial charge in [-0.05, 0) is 34.9 Å². The number of aromatic amines is 1. The maximum Gasteiger partial charge on any atom is 0.325 e. The van der Waals surface area contributed by atoms with E-state index in [0.717, 1.165) is 35.1 Å². The van der Waals surface area contributed by atoms with E-state index in [1.807, 2.05) is 53.4 Å². The summed E-state index contributed by atoms with van der Waals surface area (Å²) in [4.78, 5) is 20.1. The summed E-state index contributed by atoms with van der Waals surface area (Å²) in [6.07, 6.45) is 1.79. The molecule has 0 saturated carbocycles. The predicted octanol–water partition coefficient (Wildman–Crippen LogP) is 4.85. The van der Waals surface area contributed by atoms with Gasteiger partial charge in [0.25, 0.3) is 0 Å². The van der Waals surface area contributed by atoms with Crippen LogP contribution in [0, 0.1) is 0 Å². The second-order valence-electron chi connectivity index (χ2n) is 8.96. The largest absolute Gasteiger partial charge is 0.480 e. The number of hydrogen-bond acceptors (Lipinski definition) is 4. The van der Waals surface area contributed by atoms with Crippen LogP contribution in [0.4, 0.5) is 0 Å². The van der Waals surface area contributed by atoms with Crippen LogP contribution in [0.2, 0.25) is 5.02 Å². The molecule has 0 radical (unpaired) electrons. The number of nitrogens with zero attached hydrogens (tertiary/aromatic N) is 2. The SMILES string of the molecule is O=C(O)[C@@H](c1c[nH]c2cc(CO)ccc12)N1CCN([C@@H](c2ccccc2)c2ccc(Cl)cc2)CC1. The van der Waals surface area contributed by atoms with Crippen LogP contribution in [0.15, 0.2) is 79.0 Å². The number of aliphatic hydroxyl groups is 1. The zero-order valence-corrected chi connectivity index (χ0v) is 20.0. The van der Waals surface area contributed by atoms with Gasteiger partial charge in [0, 0.05) is 53.9 Å². The Morgan fingerprint density at radius 3 is 2.23 bits per heavy atom. The maximum absolute atomic E-state index is 12.4. The number of carboxylic acid groups (broad SMARTS) is 1. The number of hydrogen-bond donors (Lipinski definition) is 3. The number of carbonyl (C=O) groups is 1. The van der Waals surface area contributed by atoms with Crippen LogP contribution in [0.3, 0.4) is 0 Å². The molecule has 3 aromatic carbocycles. The van der Waals surface area contributed by atoms with E-state index in [4.69, 9.17) is 11.6 Å². The van der Waals surface area contributed by atoms with E-state index in [-0.39, 0.29) is 12.6 Å². The molecule has 1 saturated heterocycles. The first-order valence-electron chi connectivity index (χ1n) is 11.8. The fraction of sp³-hybridized carbons (Fsp3) is 0.250. The summed E-state index contributed by atoms with van der Waals surface area (Å²) < 4.78 is 0. The van der Waals surface area contributed by atoms with Crippen LogP contribution in [0.1, 0.15) is 34.3 Å². The third kappa shape index (κ3) is 4.83. The fourth-order valence-corrected chi connectivity index (χ4v) is 5.28. The van der Waals surface area contributed by atoms with Gasteiger partial charge in [0.2, 0.25) is 0 Å². The van der Waals surface area contributed by atoms with Gasteiger partial charge >= 0.3 is 5.97 Å². The van der Waals surface area contributed by atoms with E-state index in [2.05, 4.69) is 34.1 Å². The zero-order valence-electron chi connectivity index (χ0n) is 19.3. The minimum atomic E-state index is -0.858. The molecule has 35 heavy (non-hydrogen) atoms. The number of aromatic nitrogens is 1. The lowest BCUT2D eigenvalue weighted by Crippen LogP contribution is -2.50. The van der Waals surface area contributed by atoms with Gasteiger partial charge in [-0.3, -0.25) is 14.6 Å². The van der Waals surface area contributed by atoms with Crippen molar-refractivity contribution in [2.24, 2.45) is 0 Å². The van der Waals surface area contributed by atoms with Crippen molar-refractivity contribution in [2.45, 2.75) is 18.7 Å². The first-order chi connectivity index (χ1) is 17.0. The Kier molecular flexibility index (Phi) is 6.88. The van der Waals surface area contributed by atoms with E-state index in [1.54, 1.807) is 6.20 Å². The number of carboxylic acids is 1. The van der Waals surface area contributed by atoms with Crippen LogP contribution in [0.25, 0.3) is 10.9 Å². The summed E-state index contributed by atoms with van der Waals surface area (Å²) in [6.45, 7) is 2.70. The number of halogens is 1. The molecule has 5 rings (SSSR count). The van der Waals surface area contributed by atoms with Crippen LogP contribution >= 0.6 is 11.6 Å². The third-order valence-corrected chi connectivity index (χ3v) is 7.12. The van der Waals surface area contributed by atoms with Gasteiger partial charge in [0.05, 0.1) is 12.6 Å². The monoisotopic (exact) mass is 489 g/mol. The molecule has 2 heterocycles. The zero-order chi connectivity index (χ0) is 24.4. The summed E-state index contributed by atoms with van der Waals surface area (Å²) in [5.41, 5.74) is 4.75. The lowest BCUT2D eigenvalue weighted by atomic mass is 9.96. The number of piperazine rings is 1. The van der Waals surface area contributed by atoms with E-state index in [0.29, 0.717) is 18.1 Å². The standard InChI is InChI=1S/C28H28ClN3O3/c29-22-9-7-21(8-10-22)26(20-4-2-1-3-5-20)31-12-14-32(15-13-31)27(28(34)35)24-17-30-25-16-19(18-33)6-11-23(24)25/h1-11,16-17,26-27,30,33H,12-15,18H2,(H,34,35)/t26-,27+/m0/s1. The van der Waals surface area contributed by atoms with Gasteiger partial charge < -0.3 is 15.2 Å². The molecule has 6 nitrogen and oxygen atoms in total. The summed E-state index contributed by atoms with van der Waals surface area (Å²) >= 11 is 6.15. The van der Waals surface area contributed by atoms with Gasteiger partial charge in [-0.15, -0.1) is 0 Å². The summed E-state index contributed by atoms with van der Waals surface area (Å²) in [5.74, 6) is -0.858. The Hall–Kier alpha value is -3.16. The molecule has 1 aliphatic rings. The molecule has 0 aliphatic carbocycles. The highest BCUT2D eigenvalue weighted by atomic mass is 35.5. The number of nitrogens with one attached hydrogen (secondary N) is 1. The van der Waals surface area contributed by atoms with Crippen molar-refractivity contribution in [3.05, 3.63) is 106 Å². The third-order valence-electron chi connectivity index (χ3n) is 6.87. The van der Waals surface area contributed by atoms with Gasteiger partial charge in [0.1, 0.15) is 6.04 Å². The molecule has 1 fully saturated rings. The van der Waals surface area contributed by atoms with Crippen LogP contribution in [-0.4, -0.2) is 57.1 Å². The molecule has 2 atom stereocenters. The first-order valence-corrected chi connectivity index (χ1v) is 12.1. The van der Waals surface area contributed by atoms with E-state index >= 15 is 0 Å². The van der Waals surface area contributed by atoms with Gasteiger partial charge in [-0.25, -0.2) is 0 Å². The number of aliphatic carboxylic acids is 1. The molecule has 0 unspecified atom stereocenters. The Labute approximate surface area is 209 Å². The molecule has 1 aliphatic heterocycles. The van der Waals surface area contributed by atoms with Crippen LogP contribution in [0.5, 0.6) is 0 Å². The minimum Gasteiger partial charge on any atom is -0.480 e. The van der Waals surface area contributed by atoms with Crippen molar-refractivity contribution >= 4 is 28.5 Å². The van der Waals surface area contributed by atoms with Gasteiger partial charge in [-0.1, -0.05) is 66.2 Å². The Bertz CT molecular complexity index is 1300. The Morgan fingerprint density at radius 1 is 0.914 bits per heavy atom. The Balaban J connectivity index is 1.39. The number of H-pyrrole nitrogens is 1. The quantitative estimate of drug-likeness (QED) is 0.346. The molecule has 1 aromatic heterocycles. The van der Waals surface area contributed by atoms with Crippen molar-refractivity contribution in [3.8, 4) is 0 Å². The number of aliphatic hydroxyl groups excluding tert-OH is 1. The highest BCUT2D eigenvalue weighted by Crippen LogP contribution is 2.34. The number of rotatable bonds is 7. The molecule has 0 amide bonds. The second kappa shape index (κ2) is 10.2. The molecule has 4 aromatic rings. The topological polar surface area (TPSA) is 79.8 Å². The lowest BCUT2D eigenvalue weighted by Gasteiger charge is -2.41. The molecular formula is C28H28ClN3O3. The molecular weight excluding hydrogens is 462 g/mol. The first kappa shape index (κ1) is 23.6. The van der Waals surface area contributed by atoms with Gasteiger partial charge in [-0.2, -0.15) is 0 Å². The predicted molar refractivity (Wildman–Crippen MR) is 137 cm³/mol. The fourth-order valence-electron chi connectivity index (χ4n) is 5.15. The minimum absolute atomic E-state index is 0.0508. The lowest BCUT2D eigenvalue weighted by molar-refractivity contribution is -0.144. The highest BCUT2D eigenvalue weighted by Gasteiger charge is 2.34. The average Bonchev–Trinajstić information content (AvgIpc) is 3.29. The van der Waals surface area contributed by atoms with E-state index in [1.165, 1.54) is 11.1 Å². The molecule has 180 valence electrons. The number of fused-ring (bicyclic) bond motifs is 1. The molecule has 0 bridgehead atoms. The van der Waals surface area contributed by atoms with E-state index in [9.17, 15) is 15.0 Å². The molecule has 0 spiro atoms. The van der Waals surface area contributed by atoms with Gasteiger partial charge in [0.15, 0.2) is 0 Å². The van der Waals surface area contributed by atoms with Crippen molar-refractivity contribution in [2.75, 3.05) is 26.2 Å². The van der Waals surface area contributed by atoms with Crippen LogP contribution < -0.4 is 0 Å². The summed E-state index contributed by atoms with van der Waals surface area (Å²) in [6, 6.07) is 23.3. The summed E-state index contributed by atoms with van der Waals surface area (Å²) in [7, 11) is 0. The van der Waals surface area contributed by atoms with Crippen molar-refractivity contribution in [1.29, 1.82) is 0 Å². The molecule has 3 N–H and O–H groups in total. The Morgan fingerprint density at radius 2 is 1.57 bits per heavy atom. The average molecular weight is 490 g/mol. The normalized spacial score (nSPS) is 16.9. The second-order valence-corrected chi connectivity index (χ2v) is 9.40. The summed E-state index contributed by atoms with van der Waals surface area (Å²) in [5, 5.41) is 21.2. The van der Waals surface area contributed by atoms with E-state index < -0.39 is 12.0 Å². The smallest absolute Gasteiger partial charge is 0.325 e. The highest BCUT2D eigenvalue weighted by molar-refractivity contribution is 6.30. The van der Waals surface area contributed by atoms with Crippen LogP contribution in [-0.2, 0) is 11.4 Å². The van der Waals surface area contributed by atoms with Crippen molar-refractivity contribution < 1.29 is 15.0 Å². The maximum atomic E-state index is 12.4. The van der Waals surface area contributed by atoms with Crippen molar-refractivity contribution in [1.82, 2.24) is 14.8 Å². The van der Waals surface area contributed by atoms with Crippen molar-refractivity contribution in [3.63, 3.8) is 0 Å².